The molecule has 0 amide bonds. The Morgan fingerprint density at radius 1 is 1.08 bits per heavy atom. The maximum Gasteiger partial charge on any atom is 0.121 e. The van der Waals surface area contributed by atoms with E-state index >= 15 is 0 Å². The molecule has 3 aromatic rings. The SMILES string of the molecule is CCCn1nnc2c1-c1ccccc1C(OC)Cc1ccccc1-2. The van der Waals surface area contributed by atoms with Crippen molar-refractivity contribution in [2.75, 3.05) is 7.11 Å². The van der Waals surface area contributed by atoms with Crippen LogP contribution in [0.3, 0.4) is 0 Å². The van der Waals surface area contributed by atoms with E-state index in [9.17, 15) is 0 Å². The van der Waals surface area contributed by atoms with Crippen molar-refractivity contribution < 1.29 is 4.74 Å². The third-order valence-corrected chi connectivity index (χ3v) is 4.70. The molecule has 0 fully saturated rings. The molecule has 0 radical (unpaired) electrons. The quantitative estimate of drug-likeness (QED) is 0.724. The first kappa shape index (κ1) is 15.1. The zero-order valence-corrected chi connectivity index (χ0v) is 14.1. The molecule has 0 N–H and O–H groups in total. The topological polar surface area (TPSA) is 39.9 Å². The third kappa shape index (κ3) is 2.34. The number of hydrogen-bond acceptors (Lipinski definition) is 3. The lowest BCUT2D eigenvalue weighted by molar-refractivity contribution is 0.104. The molecule has 1 heterocycles. The molecule has 4 nitrogen and oxygen atoms in total. The van der Waals surface area contributed by atoms with E-state index in [4.69, 9.17) is 4.74 Å². The highest BCUT2D eigenvalue weighted by molar-refractivity contribution is 5.82. The van der Waals surface area contributed by atoms with E-state index in [1.807, 2.05) is 4.68 Å². The highest BCUT2D eigenvalue weighted by atomic mass is 16.5. The van der Waals surface area contributed by atoms with Gasteiger partial charge in [0.1, 0.15) is 5.69 Å². The average molecular weight is 319 g/mol. The van der Waals surface area contributed by atoms with E-state index in [0.29, 0.717) is 0 Å². The Bertz CT molecular complexity index is 869. The first-order valence-electron chi connectivity index (χ1n) is 8.47. The Hall–Kier alpha value is -2.46. The van der Waals surface area contributed by atoms with Crippen molar-refractivity contribution in [3.8, 4) is 22.5 Å². The molecule has 24 heavy (non-hydrogen) atoms. The van der Waals surface area contributed by atoms with Gasteiger partial charge in [-0.15, -0.1) is 5.10 Å². The number of hydrogen-bond donors (Lipinski definition) is 0. The Morgan fingerprint density at radius 2 is 1.83 bits per heavy atom. The van der Waals surface area contributed by atoms with Gasteiger partial charge >= 0.3 is 0 Å². The van der Waals surface area contributed by atoms with Crippen molar-refractivity contribution in [2.45, 2.75) is 32.4 Å². The Balaban J connectivity index is 2.05. The normalized spacial score (nSPS) is 15.8. The molecule has 0 bridgehead atoms. The molecule has 0 spiro atoms. The smallest absolute Gasteiger partial charge is 0.121 e. The summed E-state index contributed by atoms with van der Waals surface area (Å²) in [6.07, 6.45) is 1.89. The zero-order chi connectivity index (χ0) is 16.5. The Morgan fingerprint density at radius 3 is 2.62 bits per heavy atom. The van der Waals surface area contributed by atoms with Crippen LogP contribution in [0.5, 0.6) is 0 Å². The van der Waals surface area contributed by atoms with Crippen molar-refractivity contribution in [2.24, 2.45) is 0 Å². The van der Waals surface area contributed by atoms with Crippen LogP contribution < -0.4 is 0 Å². The first-order chi connectivity index (χ1) is 11.8. The van der Waals surface area contributed by atoms with E-state index in [-0.39, 0.29) is 6.10 Å². The number of nitrogens with zero attached hydrogens (tertiary/aromatic N) is 3. The zero-order valence-electron chi connectivity index (χ0n) is 14.1. The van der Waals surface area contributed by atoms with Gasteiger partial charge in [0, 0.05) is 31.2 Å². The van der Waals surface area contributed by atoms with Crippen molar-refractivity contribution in [1.82, 2.24) is 15.0 Å². The lowest BCUT2D eigenvalue weighted by atomic mass is 9.87. The molecule has 4 heteroatoms. The van der Waals surface area contributed by atoms with E-state index in [0.717, 1.165) is 36.3 Å². The molecule has 0 aliphatic heterocycles. The predicted molar refractivity (Wildman–Crippen MR) is 94.6 cm³/mol. The molecule has 1 aliphatic carbocycles. The average Bonchev–Trinajstić information content (AvgIpc) is 3.02. The summed E-state index contributed by atoms with van der Waals surface area (Å²) in [6.45, 7) is 3.02. The lowest BCUT2D eigenvalue weighted by Gasteiger charge is -2.24. The molecule has 0 saturated carbocycles. The summed E-state index contributed by atoms with van der Waals surface area (Å²) in [6, 6.07) is 16.9. The molecular weight excluding hydrogens is 298 g/mol. The van der Waals surface area contributed by atoms with Crippen molar-refractivity contribution in [3.05, 3.63) is 59.7 Å². The van der Waals surface area contributed by atoms with Gasteiger partial charge in [0.05, 0.1) is 11.8 Å². The van der Waals surface area contributed by atoms with Gasteiger partial charge in [-0.3, -0.25) is 0 Å². The lowest BCUT2D eigenvalue weighted by Crippen LogP contribution is -2.12. The molecule has 4 rings (SSSR count). The standard InChI is InChI=1S/C20H21N3O/c1-3-12-23-20-17-11-7-6-10-16(17)18(24-2)13-14-8-4-5-9-15(14)19(20)21-22-23/h4-11,18H,3,12-13H2,1-2H3. The first-order valence-corrected chi connectivity index (χ1v) is 8.47. The number of rotatable bonds is 3. The Kier molecular flexibility index (Phi) is 3.90. The van der Waals surface area contributed by atoms with Gasteiger partial charge in [-0.2, -0.15) is 0 Å². The van der Waals surface area contributed by atoms with Crippen LogP contribution >= 0.6 is 0 Å². The molecule has 1 aliphatic rings. The van der Waals surface area contributed by atoms with Crippen LogP contribution in [0.25, 0.3) is 22.5 Å². The van der Waals surface area contributed by atoms with Gasteiger partial charge in [0.2, 0.25) is 0 Å². The summed E-state index contributed by atoms with van der Waals surface area (Å²) in [5, 5.41) is 8.99. The molecular formula is C20H21N3O. The summed E-state index contributed by atoms with van der Waals surface area (Å²) in [5.74, 6) is 0. The number of benzene rings is 2. The van der Waals surface area contributed by atoms with Crippen LogP contribution in [0.1, 0.15) is 30.6 Å². The van der Waals surface area contributed by atoms with Crippen LogP contribution in [0, 0.1) is 0 Å². The van der Waals surface area contributed by atoms with Crippen molar-refractivity contribution in [1.29, 1.82) is 0 Å². The number of aryl methyl sites for hydroxylation is 1. The van der Waals surface area contributed by atoms with E-state index in [1.165, 1.54) is 16.7 Å². The monoisotopic (exact) mass is 319 g/mol. The minimum atomic E-state index is 0.0282. The van der Waals surface area contributed by atoms with Crippen molar-refractivity contribution in [3.63, 3.8) is 0 Å². The number of methoxy groups -OCH3 is 1. The Labute approximate surface area is 142 Å². The number of ether oxygens (including phenoxy) is 1. The molecule has 2 aromatic carbocycles. The fourth-order valence-electron chi connectivity index (χ4n) is 3.57. The molecule has 122 valence electrons. The molecule has 1 unspecified atom stereocenters. The molecule has 0 saturated heterocycles. The van der Waals surface area contributed by atoms with Crippen LogP contribution in [0.15, 0.2) is 48.5 Å². The van der Waals surface area contributed by atoms with Crippen LogP contribution in [-0.2, 0) is 17.7 Å². The van der Waals surface area contributed by atoms with Gasteiger partial charge < -0.3 is 4.74 Å². The summed E-state index contributed by atoms with van der Waals surface area (Å²) >= 11 is 0. The minimum Gasteiger partial charge on any atom is -0.376 e. The van der Waals surface area contributed by atoms with Gasteiger partial charge in [-0.05, 0) is 17.5 Å². The fourth-order valence-corrected chi connectivity index (χ4v) is 3.57. The van der Waals surface area contributed by atoms with Crippen LogP contribution in [0.4, 0.5) is 0 Å². The van der Waals surface area contributed by atoms with Gasteiger partial charge in [0.25, 0.3) is 0 Å². The number of fused-ring (bicyclic) bond motifs is 5. The van der Waals surface area contributed by atoms with Crippen LogP contribution in [0.2, 0.25) is 0 Å². The minimum absolute atomic E-state index is 0.0282. The maximum absolute atomic E-state index is 5.85. The second-order valence-corrected chi connectivity index (χ2v) is 6.18. The van der Waals surface area contributed by atoms with Gasteiger partial charge in [-0.1, -0.05) is 60.7 Å². The summed E-state index contributed by atoms with van der Waals surface area (Å²) in [5.41, 5.74) is 6.86. The highest BCUT2D eigenvalue weighted by Gasteiger charge is 2.27. The molecule has 1 atom stereocenters. The molecule has 1 aromatic heterocycles. The fraction of sp³-hybridized carbons (Fsp3) is 0.300. The third-order valence-electron chi connectivity index (χ3n) is 4.70. The van der Waals surface area contributed by atoms with Gasteiger partial charge in [-0.25, -0.2) is 4.68 Å². The maximum atomic E-state index is 5.85. The van der Waals surface area contributed by atoms with E-state index in [2.05, 4.69) is 65.8 Å². The summed E-state index contributed by atoms with van der Waals surface area (Å²) < 4.78 is 7.88. The second kappa shape index (κ2) is 6.21. The van der Waals surface area contributed by atoms with Crippen LogP contribution in [-0.4, -0.2) is 22.1 Å². The van der Waals surface area contributed by atoms with Crippen molar-refractivity contribution >= 4 is 0 Å². The highest BCUT2D eigenvalue weighted by Crippen LogP contribution is 2.41. The number of aromatic nitrogens is 3. The van der Waals surface area contributed by atoms with Gasteiger partial charge in [0.15, 0.2) is 0 Å². The predicted octanol–water partition coefficient (Wildman–Crippen LogP) is 4.27. The summed E-state index contributed by atoms with van der Waals surface area (Å²) in [7, 11) is 1.79. The van der Waals surface area contributed by atoms with E-state index < -0.39 is 0 Å². The summed E-state index contributed by atoms with van der Waals surface area (Å²) in [4.78, 5) is 0. The second-order valence-electron chi connectivity index (χ2n) is 6.18. The van der Waals surface area contributed by atoms with E-state index in [1.54, 1.807) is 7.11 Å². The largest absolute Gasteiger partial charge is 0.376 e.